The van der Waals surface area contributed by atoms with Crippen molar-refractivity contribution in [3.05, 3.63) is 78.4 Å². The van der Waals surface area contributed by atoms with Crippen LogP contribution in [0.3, 0.4) is 0 Å². The van der Waals surface area contributed by atoms with E-state index in [2.05, 4.69) is 10.6 Å². The zero-order valence-corrected chi connectivity index (χ0v) is 17.2. The molecule has 0 fully saturated rings. The molecule has 0 radical (unpaired) electrons. The summed E-state index contributed by atoms with van der Waals surface area (Å²) in [6.45, 7) is 0.807. The summed E-state index contributed by atoms with van der Waals surface area (Å²) in [6.07, 6.45) is 0. The molecule has 0 saturated carbocycles. The van der Waals surface area contributed by atoms with Gasteiger partial charge >= 0.3 is 6.03 Å². The Balaban J connectivity index is 1.64. The molecule has 2 N–H and O–H groups in total. The summed E-state index contributed by atoms with van der Waals surface area (Å²) < 4.78 is 4.98. The third-order valence-corrected chi connectivity index (χ3v) is 5.77. The molecule has 1 heterocycles. The predicted octanol–water partition coefficient (Wildman–Crippen LogP) is 4.90. The van der Waals surface area contributed by atoms with Crippen LogP contribution in [0.5, 0.6) is 0 Å². The molecule has 3 aromatic rings. The third-order valence-electron chi connectivity index (χ3n) is 4.64. The first kappa shape index (κ1) is 20.0. The van der Waals surface area contributed by atoms with Crippen molar-refractivity contribution < 1.29 is 14.3 Å². The molecule has 4 rings (SSSR count). The normalized spacial score (nSPS) is 12.0. The van der Waals surface area contributed by atoms with Gasteiger partial charge < -0.3 is 15.4 Å². The van der Waals surface area contributed by atoms with E-state index in [9.17, 15) is 9.59 Å². The standard InChI is InChI=1S/C23H21N3O3S/c1-29-15-14-24-22(27)16-8-2-3-9-17(16)25-23(28)26-18-10-4-6-12-20(18)30-21-13-7-5-11-19(21)26/h2-13H,14-15H2,1H3,(H,24,27)(H,25,28). The van der Waals surface area contributed by atoms with Gasteiger partial charge in [-0.25, -0.2) is 4.79 Å². The lowest BCUT2D eigenvalue weighted by Crippen LogP contribution is -2.34. The van der Waals surface area contributed by atoms with Gasteiger partial charge in [0.25, 0.3) is 5.91 Å². The largest absolute Gasteiger partial charge is 0.383 e. The molecular weight excluding hydrogens is 398 g/mol. The number of hydrogen-bond acceptors (Lipinski definition) is 4. The minimum Gasteiger partial charge on any atom is -0.383 e. The second-order valence-electron chi connectivity index (χ2n) is 6.60. The average Bonchev–Trinajstić information content (AvgIpc) is 2.77. The van der Waals surface area contributed by atoms with Gasteiger partial charge in [-0.3, -0.25) is 9.69 Å². The molecule has 0 spiro atoms. The SMILES string of the molecule is COCCNC(=O)c1ccccc1NC(=O)N1c2ccccc2Sc2ccccc21. The molecule has 6 nitrogen and oxygen atoms in total. The second kappa shape index (κ2) is 9.02. The van der Waals surface area contributed by atoms with Crippen LogP contribution >= 0.6 is 11.8 Å². The highest BCUT2D eigenvalue weighted by Crippen LogP contribution is 2.48. The van der Waals surface area contributed by atoms with E-state index in [-0.39, 0.29) is 11.9 Å². The predicted molar refractivity (Wildman–Crippen MR) is 119 cm³/mol. The molecule has 1 aliphatic heterocycles. The van der Waals surface area contributed by atoms with E-state index in [0.717, 1.165) is 21.2 Å². The van der Waals surface area contributed by atoms with Gasteiger partial charge in [-0.1, -0.05) is 48.2 Å². The summed E-state index contributed by atoms with van der Waals surface area (Å²) in [5.74, 6) is -0.266. The van der Waals surface area contributed by atoms with E-state index in [1.165, 1.54) is 0 Å². The highest BCUT2D eigenvalue weighted by atomic mass is 32.2. The van der Waals surface area contributed by atoms with Gasteiger partial charge in [0.2, 0.25) is 0 Å². The van der Waals surface area contributed by atoms with Crippen LogP contribution in [0, 0.1) is 0 Å². The molecule has 0 bridgehead atoms. The van der Waals surface area contributed by atoms with Gasteiger partial charge in [-0.05, 0) is 36.4 Å². The summed E-state index contributed by atoms with van der Waals surface area (Å²) >= 11 is 1.63. The minimum absolute atomic E-state index is 0.266. The third kappa shape index (κ3) is 4.03. The topological polar surface area (TPSA) is 70.7 Å². The monoisotopic (exact) mass is 419 g/mol. The van der Waals surface area contributed by atoms with Crippen molar-refractivity contribution in [2.45, 2.75) is 9.79 Å². The Morgan fingerprint density at radius 1 is 0.900 bits per heavy atom. The number of ether oxygens (including phenoxy) is 1. The molecule has 0 atom stereocenters. The van der Waals surface area contributed by atoms with Crippen LogP contribution in [-0.4, -0.2) is 32.2 Å². The highest BCUT2D eigenvalue weighted by molar-refractivity contribution is 7.99. The van der Waals surface area contributed by atoms with Crippen molar-refractivity contribution in [3.63, 3.8) is 0 Å². The second-order valence-corrected chi connectivity index (χ2v) is 7.68. The van der Waals surface area contributed by atoms with Gasteiger partial charge in [-0.2, -0.15) is 0 Å². The number of carbonyl (C=O) groups excluding carboxylic acids is 2. The average molecular weight is 420 g/mol. The van der Waals surface area contributed by atoms with Crippen molar-refractivity contribution in [2.75, 3.05) is 30.5 Å². The lowest BCUT2D eigenvalue weighted by molar-refractivity contribution is 0.0938. The first-order valence-electron chi connectivity index (χ1n) is 9.52. The van der Waals surface area contributed by atoms with Crippen LogP contribution in [0.4, 0.5) is 21.9 Å². The number of benzene rings is 3. The number of nitrogens with one attached hydrogen (secondary N) is 2. The Morgan fingerprint density at radius 2 is 1.50 bits per heavy atom. The van der Waals surface area contributed by atoms with Crippen molar-refractivity contribution in [2.24, 2.45) is 0 Å². The van der Waals surface area contributed by atoms with Gasteiger partial charge in [0.1, 0.15) is 0 Å². The number of para-hydroxylation sites is 3. The molecule has 3 amide bonds. The van der Waals surface area contributed by atoms with Crippen molar-refractivity contribution in [1.82, 2.24) is 5.32 Å². The van der Waals surface area contributed by atoms with E-state index in [1.807, 2.05) is 48.5 Å². The zero-order chi connectivity index (χ0) is 20.9. The number of methoxy groups -OCH3 is 1. The summed E-state index contributed by atoms with van der Waals surface area (Å²) in [4.78, 5) is 29.6. The van der Waals surface area contributed by atoms with Crippen LogP contribution < -0.4 is 15.5 Å². The Morgan fingerprint density at radius 3 is 2.17 bits per heavy atom. The lowest BCUT2D eigenvalue weighted by atomic mass is 10.1. The number of amides is 3. The molecule has 0 unspecified atom stereocenters. The van der Waals surface area contributed by atoms with Crippen molar-refractivity contribution in [3.8, 4) is 0 Å². The summed E-state index contributed by atoms with van der Waals surface area (Å²) in [5.41, 5.74) is 2.46. The van der Waals surface area contributed by atoms with E-state index in [1.54, 1.807) is 48.0 Å². The number of rotatable bonds is 5. The van der Waals surface area contributed by atoms with Crippen LogP contribution in [0.15, 0.2) is 82.6 Å². The minimum atomic E-state index is -0.327. The quantitative estimate of drug-likeness (QED) is 0.577. The molecule has 3 aromatic carbocycles. The molecular formula is C23H21N3O3S. The highest BCUT2D eigenvalue weighted by Gasteiger charge is 2.28. The maximum Gasteiger partial charge on any atom is 0.331 e. The van der Waals surface area contributed by atoms with Gasteiger partial charge in [-0.15, -0.1) is 0 Å². The lowest BCUT2D eigenvalue weighted by Gasteiger charge is -2.31. The first-order chi connectivity index (χ1) is 14.7. The maximum atomic E-state index is 13.4. The number of fused-ring (bicyclic) bond motifs is 2. The van der Waals surface area contributed by atoms with Crippen LogP contribution in [-0.2, 0) is 4.74 Å². The Bertz CT molecular complexity index is 1040. The van der Waals surface area contributed by atoms with E-state index >= 15 is 0 Å². The number of nitrogens with zero attached hydrogens (tertiary/aromatic N) is 1. The first-order valence-corrected chi connectivity index (χ1v) is 10.3. The Hall–Kier alpha value is -3.29. The number of urea groups is 1. The smallest absolute Gasteiger partial charge is 0.331 e. The van der Waals surface area contributed by atoms with E-state index in [0.29, 0.717) is 24.4 Å². The van der Waals surface area contributed by atoms with Gasteiger partial charge in [0.05, 0.1) is 29.2 Å². The molecule has 152 valence electrons. The summed E-state index contributed by atoms with van der Waals surface area (Å²) in [7, 11) is 1.58. The Kier molecular flexibility index (Phi) is 6.02. The number of hydrogen-bond donors (Lipinski definition) is 2. The van der Waals surface area contributed by atoms with Gasteiger partial charge in [0.15, 0.2) is 0 Å². The molecule has 30 heavy (non-hydrogen) atoms. The summed E-state index contributed by atoms with van der Waals surface area (Å²) in [5, 5.41) is 5.71. The van der Waals surface area contributed by atoms with E-state index < -0.39 is 0 Å². The molecule has 0 aromatic heterocycles. The summed E-state index contributed by atoms with van der Waals surface area (Å²) in [6, 6.07) is 22.2. The van der Waals surface area contributed by atoms with E-state index in [4.69, 9.17) is 4.74 Å². The zero-order valence-electron chi connectivity index (χ0n) is 16.4. The van der Waals surface area contributed by atoms with Crippen LogP contribution in [0.1, 0.15) is 10.4 Å². The number of anilines is 3. The molecule has 7 heteroatoms. The fraction of sp³-hybridized carbons (Fsp3) is 0.130. The fourth-order valence-corrected chi connectivity index (χ4v) is 4.30. The fourth-order valence-electron chi connectivity index (χ4n) is 3.25. The maximum absolute atomic E-state index is 13.4. The van der Waals surface area contributed by atoms with Crippen molar-refractivity contribution >= 4 is 40.8 Å². The van der Waals surface area contributed by atoms with Gasteiger partial charge in [0, 0.05) is 23.4 Å². The molecule has 0 saturated heterocycles. The number of carbonyl (C=O) groups is 2. The van der Waals surface area contributed by atoms with Crippen molar-refractivity contribution in [1.29, 1.82) is 0 Å². The molecule has 1 aliphatic rings. The van der Waals surface area contributed by atoms with Crippen LogP contribution in [0.25, 0.3) is 0 Å². The molecule has 0 aliphatic carbocycles. The Labute approximate surface area is 179 Å². The van der Waals surface area contributed by atoms with Crippen LogP contribution in [0.2, 0.25) is 0 Å².